The number of nitrogens with zero attached hydrogens (tertiary/aromatic N) is 2. The SMILES string of the molecule is CCOc1ccc(-c2nnc(NC(=O)Cc3ccc(SC)cc3)o2)cc1OCC. The number of aromatic nitrogens is 2. The number of amides is 1. The molecule has 2 aromatic carbocycles. The molecule has 0 aliphatic carbocycles. The molecule has 0 radical (unpaired) electrons. The van der Waals surface area contributed by atoms with Gasteiger partial charge in [0.15, 0.2) is 11.5 Å². The second-order valence-electron chi connectivity index (χ2n) is 6.01. The van der Waals surface area contributed by atoms with Crippen molar-refractivity contribution in [2.75, 3.05) is 24.8 Å². The van der Waals surface area contributed by atoms with E-state index in [4.69, 9.17) is 13.9 Å². The van der Waals surface area contributed by atoms with E-state index in [2.05, 4.69) is 15.5 Å². The highest BCUT2D eigenvalue weighted by atomic mass is 32.2. The molecular formula is C21H23N3O4S. The molecule has 8 heteroatoms. The number of carbonyl (C=O) groups is 1. The van der Waals surface area contributed by atoms with Gasteiger partial charge in [0.2, 0.25) is 11.8 Å². The molecule has 0 aliphatic heterocycles. The fourth-order valence-electron chi connectivity index (χ4n) is 2.67. The van der Waals surface area contributed by atoms with Crippen molar-refractivity contribution in [3.63, 3.8) is 0 Å². The fourth-order valence-corrected chi connectivity index (χ4v) is 3.08. The van der Waals surface area contributed by atoms with Gasteiger partial charge in [0.1, 0.15) is 0 Å². The number of anilines is 1. The van der Waals surface area contributed by atoms with Gasteiger partial charge in [-0.05, 0) is 56.0 Å². The lowest BCUT2D eigenvalue weighted by Gasteiger charge is -2.11. The monoisotopic (exact) mass is 413 g/mol. The average Bonchev–Trinajstić information content (AvgIpc) is 3.18. The Morgan fingerprint density at radius 3 is 2.45 bits per heavy atom. The number of nitrogens with one attached hydrogen (secondary N) is 1. The van der Waals surface area contributed by atoms with E-state index in [9.17, 15) is 4.79 Å². The minimum atomic E-state index is -0.223. The zero-order chi connectivity index (χ0) is 20.6. The maximum atomic E-state index is 12.3. The van der Waals surface area contributed by atoms with E-state index in [0.29, 0.717) is 30.3 Å². The number of carbonyl (C=O) groups excluding carboxylic acids is 1. The molecule has 0 aliphatic rings. The molecule has 0 saturated heterocycles. The van der Waals surface area contributed by atoms with Gasteiger partial charge in [-0.1, -0.05) is 17.2 Å². The van der Waals surface area contributed by atoms with Crippen LogP contribution in [0.15, 0.2) is 51.8 Å². The van der Waals surface area contributed by atoms with Crippen LogP contribution in [0.1, 0.15) is 19.4 Å². The van der Waals surface area contributed by atoms with Crippen LogP contribution in [0.3, 0.4) is 0 Å². The van der Waals surface area contributed by atoms with E-state index in [0.717, 1.165) is 10.5 Å². The lowest BCUT2D eigenvalue weighted by atomic mass is 10.1. The van der Waals surface area contributed by atoms with Gasteiger partial charge in [0.25, 0.3) is 0 Å². The Morgan fingerprint density at radius 1 is 1.03 bits per heavy atom. The zero-order valence-corrected chi connectivity index (χ0v) is 17.4. The molecule has 3 rings (SSSR count). The first kappa shape index (κ1) is 20.7. The van der Waals surface area contributed by atoms with Crippen molar-refractivity contribution in [1.29, 1.82) is 0 Å². The summed E-state index contributed by atoms with van der Waals surface area (Å²) in [7, 11) is 0. The predicted octanol–water partition coefficient (Wildman–Crippen LogP) is 4.44. The van der Waals surface area contributed by atoms with Gasteiger partial charge in [0, 0.05) is 10.5 Å². The molecule has 1 amide bonds. The van der Waals surface area contributed by atoms with Crippen LogP contribution in [0.25, 0.3) is 11.5 Å². The summed E-state index contributed by atoms with van der Waals surface area (Å²) in [6, 6.07) is 13.3. The summed E-state index contributed by atoms with van der Waals surface area (Å²) in [5, 5.41) is 10.6. The van der Waals surface area contributed by atoms with E-state index >= 15 is 0 Å². The molecule has 0 bridgehead atoms. The van der Waals surface area contributed by atoms with Crippen molar-refractivity contribution < 1.29 is 18.7 Å². The van der Waals surface area contributed by atoms with Gasteiger partial charge in [-0.2, -0.15) is 0 Å². The van der Waals surface area contributed by atoms with Gasteiger partial charge in [-0.25, -0.2) is 0 Å². The van der Waals surface area contributed by atoms with Crippen molar-refractivity contribution in [1.82, 2.24) is 10.2 Å². The van der Waals surface area contributed by atoms with Crippen molar-refractivity contribution in [2.24, 2.45) is 0 Å². The van der Waals surface area contributed by atoms with Crippen LogP contribution >= 0.6 is 11.8 Å². The van der Waals surface area contributed by atoms with Gasteiger partial charge in [-0.3, -0.25) is 10.1 Å². The Morgan fingerprint density at radius 2 is 1.76 bits per heavy atom. The van der Waals surface area contributed by atoms with Crippen LogP contribution in [-0.4, -0.2) is 35.6 Å². The van der Waals surface area contributed by atoms with Crippen LogP contribution in [0.5, 0.6) is 11.5 Å². The standard InChI is InChI=1S/C21H23N3O4S/c1-4-26-17-11-8-15(13-18(17)27-5-2)20-23-24-21(28-20)22-19(25)12-14-6-9-16(29-3)10-7-14/h6-11,13H,4-5,12H2,1-3H3,(H,22,24,25). The molecule has 0 spiro atoms. The molecule has 0 fully saturated rings. The lowest BCUT2D eigenvalue weighted by Crippen LogP contribution is -2.14. The molecule has 0 saturated carbocycles. The maximum absolute atomic E-state index is 12.3. The van der Waals surface area contributed by atoms with Gasteiger partial charge >= 0.3 is 6.01 Å². The van der Waals surface area contributed by atoms with E-state index in [1.54, 1.807) is 30.0 Å². The number of benzene rings is 2. The highest BCUT2D eigenvalue weighted by Crippen LogP contribution is 2.32. The molecular weight excluding hydrogens is 390 g/mol. The topological polar surface area (TPSA) is 86.5 Å². The molecule has 152 valence electrons. The molecule has 1 N–H and O–H groups in total. The van der Waals surface area contributed by atoms with E-state index in [1.165, 1.54) is 0 Å². The average molecular weight is 413 g/mol. The summed E-state index contributed by atoms with van der Waals surface area (Å²) < 4.78 is 16.8. The molecule has 3 aromatic rings. The first-order chi connectivity index (χ1) is 14.1. The first-order valence-corrected chi connectivity index (χ1v) is 10.5. The van der Waals surface area contributed by atoms with Crippen molar-refractivity contribution in [3.05, 3.63) is 48.0 Å². The Balaban J connectivity index is 1.68. The van der Waals surface area contributed by atoms with Crippen molar-refractivity contribution in [2.45, 2.75) is 25.2 Å². The second-order valence-corrected chi connectivity index (χ2v) is 6.89. The Kier molecular flexibility index (Phi) is 7.13. The van der Waals surface area contributed by atoms with Gasteiger partial charge < -0.3 is 13.9 Å². The highest BCUT2D eigenvalue weighted by Gasteiger charge is 2.14. The first-order valence-electron chi connectivity index (χ1n) is 9.29. The minimum Gasteiger partial charge on any atom is -0.490 e. The number of hydrogen-bond acceptors (Lipinski definition) is 7. The van der Waals surface area contributed by atoms with Crippen LogP contribution < -0.4 is 14.8 Å². The highest BCUT2D eigenvalue weighted by molar-refractivity contribution is 7.98. The quantitative estimate of drug-likeness (QED) is 0.519. The van der Waals surface area contributed by atoms with Crippen LogP contribution in [0.2, 0.25) is 0 Å². The largest absolute Gasteiger partial charge is 0.490 e. The molecule has 29 heavy (non-hydrogen) atoms. The van der Waals surface area contributed by atoms with Gasteiger partial charge in [0.05, 0.1) is 19.6 Å². The Bertz CT molecular complexity index is 957. The minimum absolute atomic E-state index is 0.0533. The second kappa shape index (κ2) is 9.97. The third-order valence-electron chi connectivity index (χ3n) is 3.99. The van der Waals surface area contributed by atoms with Crippen LogP contribution in [0.4, 0.5) is 6.01 Å². The third kappa shape index (κ3) is 5.51. The van der Waals surface area contributed by atoms with Crippen LogP contribution in [0, 0.1) is 0 Å². The molecule has 1 aromatic heterocycles. The van der Waals surface area contributed by atoms with Crippen molar-refractivity contribution >= 4 is 23.7 Å². The number of rotatable bonds is 9. The number of ether oxygens (including phenoxy) is 2. The Hall–Kier alpha value is -3.00. The predicted molar refractivity (Wildman–Crippen MR) is 113 cm³/mol. The lowest BCUT2D eigenvalue weighted by molar-refractivity contribution is -0.115. The van der Waals surface area contributed by atoms with E-state index < -0.39 is 0 Å². The van der Waals surface area contributed by atoms with Crippen molar-refractivity contribution in [3.8, 4) is 23.0 Å². The summed E-state index contributed by atoms with van der Waals surface area (Å²) in [5.41, 5.74) is 1.59. The molecule has 1 heterocycles. The summed E-state index contributed by atoms with van der Waals surface area (Å²) in [6.07, 6.45) is 2.24. The summed E-state index contributed by atoms with van der Waals surface area (Å²) in [5.74, 6) is 1.32. The Labute approximate surface area is 173 Å². The van der Waals surface area contributed by atoms with E-state index in [1.807, 2.05) is 44.4 Å². The molecule has 7 nitrogen and oxygen atoms in total. The maximum Gasteiger partial charge on any atom is 0.322 e. The zero-order valence-electron chi connectivity index (χ0n) is 16.6. The molecule has 0 unspecified atom stereocenters. The smallest absolute Gasteiger partial charge is 0.322 e. The fraction of sp³-hybridized carbons (Fsp3) is 0.286. The third-order valence-corrected chi connectivity index (χ3v) is 4.73. The summed E-state index contributed by atoms with van der Waals surface area (Å²) in [6.45, 7) is 4.86. The summed E-state index contributed by atoms with van der Waals surface area (Å²) >= 11 is 1.66. The van der Waals surface area contributed by atoms with Crippen LogP contribution in [-0.2, 0) is 11.2 Å². The van der Waals surface area contributed by atoms with E-state index in [-0.39, 0.29) is 24.2 Å². The number of hydrogen-bond donors (Lipinski definition) is 1. The van der Waals surface area contributed by atoms with Gasteiger partial charge in [-0.15, -0.1) is 16.9 Å². The summed E-state index contributed by atoms with van der Waals surface area (Å²) in [4.78, 5) is 13.4. The number of thioether (sulfide) groups is 1. The normalized spacial score (nSPS) is 10.6. The molecule has 0 atom stereocenters.